The molecule has 1 saturated heterocycles. The molecule has 0 spiro atoms. The van der Waals surface area contributed by atoms with Gasteiger partial charge < -0.3 is 15.4 Å². The highest BCUT2D eigenvalue weighted by Gasteiger charge is 2.37. The molecule has 0 aromatic heterocycles. The van der Waals surface area contributed by atoms with Crippen molar-refractivity contribution >= 4 is 5.91 Å². The third-order valence-corrected chi connectivity index (χ3v) is 4.02. The summed E-state index contributed by atoms with van der Waals surface area (Å²) < 4.78 is 5.68. The van der Waals surface area contributed by atoms with Crippen molar-refractivity contribution in [3.05, 3.63) is 35.9 Å². The summed E-state index contributed by atoms with van der Waals surface area (Å²) in [6, 6.07) is 9.69. The second-order valence-electron chi connectivity index (χ2n) is 5.77. The van der Waals surface area contributed by atoms with Crippen LogP contribution in [-0.4, -0.2) is 37.0 Å². The Balaban J connectivity index is 2.13. The lowest BCUT2D eigenvalue weighted by Gasteiger charge is -2.26. The first-order valence-corrected chi connectivity index (χ1v) is 7.25. The topological polar surface area (TPSA) is 55.6 Å². The fraction of sp³-hybridized carbons (Fsp3) is 0.562. The standard InChI is InChI=1S/C16H24N2O2/c1-3-20-14(13-7-5-4-6-8-13)15(19)18-10-9-16(2,11-17)12-18/h4-8,14H,3,9-12,17H2,1-2H3. The number of likely N-dealkylation sites (tertiary alicyclic amines) is 1. The number of hydrogen-bond acceptors (Lipinski definition) is 3. The highest BCUT2D eigenvalue weighted by atomic mass is 16.5. The predicted molar refractivity (Wildman–Crippen MR) is 79.2 cm³/mol. The molecule has 1 amide bonds. The van der Waals surface area contributed by atoms with Crippen LogP contribution in [0.5, 0.6) is 0 Å². The molecule has 2 unspecified atom stereocenters. The Hall–Kier alpha value is -1.39. The molecule has 1 aromatic rings. The fourth-order valence-corrected chi connectivity index (χ4v) is 2.65. The van der Waals surface area contributed by atoms with E-state index in [1.807, 2.05) is 42.2 Å². The average Bonchev–Trinajstić information content (AvgIpc) is 2.88. The summed E-state index contributed by atoms with van der Waals surface area (Å²) >= 11 is 0. The molecule has 1 aliphatic heterocycles. The van der Waals surface area contributed by atoms with Gasteiger partial charge in [0.15, 0.2) is 6.10 Å². The maximum atomic E-state index is 12.7. The van der Waals surface area contributed by atoms with E-state index in [-0.39, 0.29) is 11.3 Å². The molecule has 1 fully saturated rings. The molecular weight excluding hydrogens is 252 g/mol. The molecule has 1 aliphatic rings. The smallest absolute Gasteiger partial charge is 0.256 e. The van der Waals surface area contributed by atoms with Gasteiger partial charge in [0.2, 0.25) is 0 Å². The van der Waals surface area contributed by atoms with Gasteiger partial charge in [-0.15, -0.1) is 0 Å². The van der Waals surface area contributed by atoms with E-state index in [9.17, 15) is 4.79 Å². The summed E-state index contributed by atoms with van der Waals surface area (Å²) in [5.41, 5.74) is 6.77. The monoisotopic (exact) mass is 276 g/mol. The number of hydrogen-bond donors (Lipinski definition) is 1. The van der Waals surface area contributed by atoms with Crippen LogP contribution in [0.25, 0.3) is 0 Å². The lowest BCUT2D eigenvalue weighted by atomic mass is 9.90. The van der Waals surface area contributed by atoms with E-state index in [0.29, 0.717) is 13.2 Å². The van der Waals surface area contributed by atoms with Gasteiger partial charge in [0.25, 0.3) is 5.91 Å². The van der Waals surface area contributed by atoms with E-state index in [0.717, 1.165) is 25.1 Å². The molecule has 2 rings (SSSR count). The van der Waals surface area contributed by atoms with Gasteiger partial charge in [-0.3, -0.25) is 4.79 Å². The summed E-state index contributed by atoms with van der Waals surface area (Å²) in [4.78, 5) is 14.6. The maximum absolute atomic E-state index is 12.7. The Morgan fingerprint density at radius 3 is 2.70 bits per heavy atom. The van der Waals surface area contributed by atoms with Crippen molar-refractivity contribution in [3.63, 3.8) is 0 Å². The normalized spacial score (nSPS) is 23.9. The molecule has 110 valence electrons. The quantitative estimate of drug-likeness (QED) is 0.894. The van der Waals surface area contributed by atoms with Crippen molar-refractivity contribution in [2.45, 2.75) is 26.4 Å². The number of nitrogens with zero attached hydrogens (tertiary/aromatic N) is 1. The van der Waals surface area contributed by atoms with Gasteiger partial charge in [-0.2, -0.15) is 0 Å². The van der Waals surface area contributed by atoms with Gasteiger partial charge >= 0.3 is 0 Å². The van der Waals surface area contributed by atoms with E-state index < -0.39 is 6.10 Å². The van der Waals surface area contributed by atoms with Crippen LogP contribution < -0.4 is 5.73 Å². The SMILES string of the molecule is CCOC(C(=O)N1CCC(C)(CN)C1)c1ccccc1. The summed E-state index contributed by atoms with van der Waals surface area (Å²) in [5, 5.41) is 0. The average molecular weight is 276 g/mol. The van der Waals surface area contributed by atoms with Crippen LogP contribution in [0.3, 0.4) is 0 Å². The second kappa shape index (κ2) is 6.37. The Bertz CT molecular complexity index is 449. The minimum Gasteiger partial charge on any atom is -0.364 e. The molecule has 0 aliphatic carbocycles. The largest absolute Gasteiger partial charge is 0.364 e. The second-order valence-corrected chi connectivity index (χ2v) is 5.77. The van der Waals surface area contributed by atoms with Crippen molar-refractivity contribution in [1.82, 2.24) is 4.90 Å². The van der Waals surface area contributed by atoms with Gasteiger partial charge in [0.05, 0.1) is 0 Å². The zero-order valence-electron chi connectivity index (χ0n) is 12.3. The maximum Gasteiger partial charge on any atom is 0.256 e. The molecule has 2 atom stereocenters. The molecule has 0 bridgehead atoms. The molecular formula is C16H24N2O2. The van der Waals surface area contributed by atoms with Crippen molar-refractivity contribution in [2.75, 3.05) is 26.2 Å². The number of rotatable bonds is 5. The fourth-order valence-electron chi connectivity index (χ4n) is 2.65. The Morgan fingerprint density at radius 2 is 2.15 bits per heavy atom. The summed E-state index contributed by atoms with van der Waals surface area (Å²) in [5.74, 6) is 0.0511. The minimum absolute atomic E-state index is 0.0448. The third-order valence-electron chi connectivity index (χ3n) is 4.02. The highest BCUT2D eigenvalue weighted by Crippen LogP contribution is 2.31. The van der Waals surface area contributed by atoms with Crippen LogP contribution in [0.15, 0.2) is 30.3 Å². The molecule has 20 heavy (non-hydrogen) atoms. The van der Waals surface area contributed by atoms with Gasteiger partial charge in [-0.1, -0.05) is 37.3 Å². The van der Waals surface area contributed by atoms with E-state index in [1.54, 1.807) is 0 Å². The molecule has 2 N–H and O–H groups in total. The molecule has 4 heteroatoms. The Morgan fingerprint density at radius 1 is 1.45 bits per heavy atom. The van der Waals surface area contributed by atoms with Crippen LogP contribution in [0, 0.1) is 5.41 Å². The predicted octanol–water partition coefficient (Wildman–Crippen LogP) is 1.96. The number of carbonyl (C=O) groups is 1. The van der Waals surface area contributed by atoms with Crippen LogP contribution in [0.1, 0.15) is 31.9 Å². The number of carbonyl (C=O) groups excluding carboxylic acids is 1. The first-order valence-electron chi connectivity index (χ1n) is 7.25. The zero-order valence-corrected chi connectivity index (χ0v) is 12.3. The van der Waals surface area contributed by atoms with Crippen molar-refractivity contribution < 1.29 is 9.53 Å². The third kappa shape index (κ3) is 3.19. The summed E-state index contributed by atoms with van der Waals surface area (Å²) in [6.45, 7) is 6.67. The summed E-state index contributed by atoms with van der Waals surface area (Å²) in [6.07, 6.45) is 0.462. The lowest BCUT2D eigenvalue weighted by molar-refractivity contribution is -0.143. The number of ether oxygens (including phenoxy) is 1. The van der Waals surface area contributed by atoms with Crippen LogP contribution in [0.2, 0.25) is 0 Å². The summed E-state index contributed by atoms with van der Waals surface area (Å²) in [7, 11) is 0. The van der Waals surface area contributed by atoms with Gasteiger partial charge in [-0.05, 0) is 30.9 Å². The molecule has 0 radical (unpaired) electrons. The minimum atomic E-state index is -0.499. The molecule has 0 saturated carbocycles. The number of nitrogens with two attached hydrogens (primary N) is 1. The number of benzene rings is 1. The highest BCUT2D eigenvalue weighted by molar-refractivity contribution is 5.82. The first kappa shape index (κ1) is 15.0. The van der Waals surface area contributed by atoms with Crippen molar-refractivity contribution in [2.24, 2.45) is 11.1 Å². The van der Waals surface area contributed by atoms with Gasteiger partial charge in [0.1, 0.15) is 0 Å². The Kier molecular flexibility index (Phi) is 4.78. The van der Waals surface area contributed by atoms with Crippen molar-refractivity contribution in [3.8, 4) is 0 Å². The molecule has 1 aromatic carbocycles. The molecule has 1 heterocycles. The zero-order chi connectivity index (χ0) is 14.6. The van der Waals surface area contributed by atoms with Crippen LogP contribution >= 0.6 is 0 Å². The van der Waals surface area contributed by atoms with Crippen molar-refractivity contribution in [1.29, 1.82) is 0 Å². The first-order chi connectivity index (χ1) is 9.59. The number of amides is 1. The van der Waals surface area contributed by atoms with Crippen LogP contribution in [0.4, 0.5) is 0 Å². The van der Waals surface area contributed by atoms with Gasteiger partial charge in [-0.25, -0.2) is 0 Å². The Labute approximate surface area is 120 Å². The van der Waals surface area contributed by atoms with E-state index in [1.165, 1.54) is 0 Å². The van der Waals surface area contributed by atoms with Crippen LogP contribution in [-0.2, 0) is 9.53 Å². The van der Waals surface area contributed by atoms with E-state index in [2.05, 4.69) is 6.92 Å². The van der Waals surface area contributed by atoms with E-state index in [4.69, 9.17) is 10.5 Å². The molecule has 4 nitrogen and oxygen atoms in total. The van der Waals surface area contributed by atoms with E-state index >= 15 is 0 Å². The lowest BCUT2D eigenvalue weighted by Crippen LogP contribution is -2.37. The van der Waals surface area contributed by atoms with Gasteiger partial charge in [0, 0.05) is 19.7 Å².